The van der Waals surface area contributed by atoms with Gasteiger partial charge in [-0.15, -0.1) is 0 Å². The van der Waals surface area contributed by atoms with Crippen molar-refractivity contribution in [1.29, 1.82) is 0 Å². The molecule has 1 atom stereocenters. The molecule has 154 valence electrons. The molecule has 0 bridgehead atoms. The number of allylic oxidation sites excluding steroid dienone is 2. The van der Waals surface area contributed by atoms with Crippen LogP contribution in [0.15, 0.2) is 40.7 Å². The predicted octanol–water partition coefficient (Wildman–Crippen LogP) is 4.63. The minimum absolute atomic E-state index is 0.0609. The second kappa shape index (κ2) is 8.46. The van der Waals surface area contributed by atoms with Gasteiger partial charge in [0.25, 0.3) is 0 Å². The third-order valence-corrected chi connectivity index (χ3v) is 5.91. The van der Waals surface area contributed by atoms with E-state index in [1.807, 2.05) is 19.9 Å². The first-order valence-corrected chi connectivity index (χ1v) is 10.4. The fraction of sp³-hybridized carbons (Fsp3) is 0.458. The highest BCUT2D eigenvalue weighted by atomic mass is 16.7. The molecule has 0 spiro atoms. The zero-order chi connectivity index (χ0) is 20.4. The Morgan fingerprint density at radius 3 is 2.45 bits per heavy atom. The van der Waals surface area contributed by atoms with Crippen LogP contribution in [-0.4, -0.2) is 24.6 Å². The summed E-state index contributed by atoms with van der Waals surface area (Å²) in [4.78, 5) is 11.8. The normalized spacial score (nSPS) is 18.4. The van der Waals surface area contributed by atoms with E-state index in [0.29, 0.717) is 0 Å². The van der Waals surface area contributed by atoms with E-state index in [1.165, 1.54) is 17.6 Å². The van der Waals surface area contributed by atoms with Gasteiger partial charge in [-0.05, 0) is 62.8 Å². The zero-order valence-electron chi connectivity index (χ0n) is 17.5. The molecule has 0 radical (unpaired) electrons. The van der Waals surface area contributed by atoms with E-state index in [4.69, 9.17) is 14.2 Å². The van der Waals surface area contributed by atoms with Gasteiger partial charge in [0, 0.05) is 36.5 Å². The third kappa shape index (κ3) is 4.25. The fourth-order valence-electron chi connectivity index (χ4n) is 4.10. The van der Waals surface area contributed by atoms with Crippen molar-refractivity contribution in [3.8, 4) is 11.5 Å². The summed E-state index contributed by atoms with van der Waals surface area (Å²) < 4.78 is 19.5. The Morgan fingerprint density at radius 1 is 1.10 bits per heavy atom. The van der Waals surface area contributed by atoms with Crippen molar-refractivity contribution in [3.05, 3.63) is 63.1 Å². The van der Waals surface area contributed by atoms with E-state index in [-0.39, 0.29) is 11.7 Å². The lowest BCUT2D eigenvalue weighted by Crippen LogP contribution is -2.16. The molecule has 4 rings (SSSR count). The standard InChI is InChI=1S/C24H29NO4/c1-16-12-20(26)13-17(2)25(16)15-21(18-6-4-7-18)19-9-10-22(27-3)23(14-19)29-24-8-5-11-28-24/h9-10,12-14,24H,4-8,11,15H2,1-3H3. The number of aryl methyl sites for hydroxylation is 2. The number of ether oxygens (including phenoxy) is 3. The summed E-state index contributed by atoms with van der Waals surface area (Å²) in [6.45, 7) is 5.49. The smallest absolute Gasteiger partial charge is 0.200 e. The van der Waals surface area contributed by atoms with Crippen molar-refractivity contribution in [1.82, 2.24) is 4.57 Å². The van der Waals surface area contributed by atoms with Crippen LogP contribution in [0.25, 0.3) is 5.57 Å². The average molecular weight is 395 g/mol. The molecule has 0 N–H and O–H groups in total. The average Bonchev–Trinajstić information content (AvgIpc) is 3.15. The van der Waals surface area contributed by atoms with Gasteiger partial charge in [0.15, 0.2) is 23.2 Å². The monoisotopic (exact) mass is 395 g/mol. The molecule has 1 aliphatic carbocycles. The van der Waals surface area contributed by atoms with Gasteiger partial charge in [0.05, 0.1) is 13.7 Å². The lowest BCUT2D eigenvalue weighted by molar-refractivity contribution is -0.0402. The van der Waals surface area contributed by atoms with Gasteiger partial charge in [-0.2, -0.15) is 0 Å². The maximum absolute atomic E-state index is 11.8. The molecule has 1 aliphatic heterocycles. The molecule has 1 aromatic carbocycles. The topological polar surface area (TPSA) is 49.7 Å². The fourth-order valence-corrected chi connectivity index (χ4v) is 4.10. The highest BCUT2D eigenvalue weighted by Gasteiger charge is 2.22. The summed E-state index contributed by atoms with van der Waals surface area (Å²) >= 11 is 0. The summed E-state index contributed by atoms with van der Waals surface area (Å²) in [6, 6.07) is 9.57. The summed E-state index contributed by atoms with van der Waals surface area (Å²) in [5, 5.41) is 0. The number of benzene rings is 1. The minimum Gasteiger partial charge on any atom is -0.493 e. The number of pyridine rings is 1. The summed E-state index contributed by atoms with van der Waals surface area (Å²) in [7, 11) is 1.66. The number of rotatable bonds is 6. The number of hydrogen-bond donors (Lipinski definition) is 0. The van der Waals surface area contributed by atoms with Crippen LogP contribution in [0.1, 0.15) is 49.1 Å². The molecular formula is C24H29NO4. The second-order valence-corrected chi connectivity index (χ2v) is 7.92. The summed E-state index contributed by atoms with van der Waals surface area (Å²) in [5.74, 6) is 1.45. The van der Waals surface area contributed by atoms with Crippen LogP contribution in [0.5, 0.6) is 11.5 Å². The van der Waals surface area contributed by atoms with Crippen LogP contribution in [-0.2, 0) is 11.3 Å². The Bertz CT molecular complexity index is 951. The van der Waals surface area contributed by atoms with Crippen molar-refractivity contribution in [2.45, 2.75) is 58.8 Å². The molecule has 2 heterocycles. The van der Waals surface area contributed by atoms with E-state index in [1.54, 1.807) is 19.2 Å². The zero-order valence-corrected chi connectivity index (χ0v) is 17.5. The predicted molar refractivity (Wildman–Crippen MR) is 114 cm³/mol. The molecule has 2 aromatic rings. The first-order valence-electron chi connectivity index (χ1n) is 10.4. The van der Waals surface area contributed by atoms with Gasteiger partial charge in [-0.1, -0.05) is 11.6 Å². The molecule has 1 saturated heterocycles. The highest BCUT2D eigenvalue weighted by molar-refractivity contribution is 5.72. The Hall–Kier alpha value is -2.53. The van der Waals surface area contributed by atoms with Crippen LogP contribution in [0.3, 0.4) is 0 Å². The van der Waals surface area contributed by atoms with Crippen LogP contribution in [0.2, 0.25) is 0 Å². The summed E-state index contributed by atoms with van der Waals surface area (Å²) in [6.07, 6.45) is 5.20. The van der Waals surface area contributed by atoms with E-state index in [9.17, 15) is 4.79 Å². The number of aromatic nitrogens is 1. The van der Waals surface area contributed by atoms with Gasteiger partial charge >= 0.3 is 0 Å². The van der Waals surface area contributed by atoms with E-state index < -0.39 is 0 Å². The molecule has 1 unspecified atom stereocenters. The van der Waals surface area contributed by atoms with E-state index >= 15 is 0 Å². The first-order chi connectivity index (χ1) is 14.0. The molecule has 1 saturated carbocycles. The minimum atomic E-state index is -0.206. The van der Waals surface area contributed by atoms with Gasteiger partial charge in [-0.25, -0.2) is 0 Å². The largest absolute Gasteiger partial charge is 0.493 e. The molecule has 2 aliphatic rings. The lowest BCUT2D eigenvalue weighted by atomic mass is 9.85. The lowest BCUT2D eigenvalue weighted by Gasteiger charge is -2.26. The Labute approximate surface area is 171 Å². The Balaban J connectivity index is 1.70. The van der Waals surface area contributed by atoms with Gasteiger partial charge in [0.2, 0.25) is 0 Å². The van der Waals surface area contributed by atoms with Crippen LogP contribution in [0.4, 0.5) is 0 Å². The van der Waals surface area contributed by atoms with Crippen molar-refractivity contribution in [2.24, 2.45) is 0 Å². The molecule has 29 heavy (non-hydrogen) atoms. The van der Waals surface area contributed by atoms with Crippen molar-refractivity contribution in [3.63, 3.8) is 0 Å². The molecule has 0 amide bonds. The number of hydrogen-bond acceptors (Lipinski definition) is 4. The van der Waals surface area contributed by atoms with Crippen molar-refractivity contribution < 1.29 is 14.2 Å². The SMILES string of the molecule is COc1ccc(C(Cn2c(C)cc(=O)cc2C)=C2CCC2)cc1OC1CCCO1. The highest BCUT2D eigenvalue weighted by Crippen LogP contribution is 2.38. The van der Waals surface area contributed by atoms with Gasteiger partial charge in [-0.3, -0.25) is 4.79 Å². The van der Waals surface area contributed by atoms with Crippen LogP contribution < -0.4 is 14.9 Å². The maximum Gasteiger partial charge on any atom is 0.200 e. The summed E-state index contributed by atoms with van der Waals surface area (Å²) in [5.41, 5.74) is 5.96. The van der Waals surface area contributed by atoms with Crippen molar-refractivity contribution in [2.75, 3.05) is 13.7 Å². The quantitative estimate of drug-likeness (QED) is 0.716. The van der Waals surface area contributed by atoms with Crippen LogP contribution >= 0.6 is 0 Å². The molecule has 5 heteroatoms. The Kier molecular flexibility index (Phi) is 5.76. The van der Waals surface area contributed by atoms with E-state index in [2.05, 4.69) is 16.7 Å². The second-order valence-electron chi connectivity index (χ2n) is 7.92. The number of nitrogens with zero attached hydrogens (tertiary/aromatic N) is 1. The first kappa shape index (κ1) is 19.8. The molecule has 2 fully saturated rings. The van der Waals surface area contributed by atoms with Gasteiger partial charge in [0.1, 0.15) is 0 Å². The molecular weight excluding hydrogens is 366 g/mol. The Morgan fingerprint density at radius 2 is 1.86 bits per heavy atom. The van der Waals surface area contributed by atoms with Crippen molar-refractivity contribution >= 4 is 5.57 Å². The maximum atomic E-state index is 11.8. The molecule has 5 nitrogen and oxygen atoms in total. The van der Waals surface area contributed by atoms with E-state index in [0.717, 1.165) is 67.3 Å². The molecule has 1 aromatic heterocycles. The number of methoxy groups -OCH3 is 1. The van der Waals surface area contributed by atoms with Gasteiger partial charge < -0.3 is 18.8 Å². The van der Waals surface area contributed by atoms with Crippen LogP contribution in [0, 0.1) is 13.8 Å². The third-order valence-electron chi connectivity index (χ3n) is 5.91.